The molecule has 1 fully saturated rings. The highest BCUT2D eigenvalue weighted by Gasteiger charge is 2.52. The maximum absolute atomic E-state index is 13.2. The van der Waals surface area contributed by atoms with E-state index in [-0.39, 0.29) is 35.4 Å². The first-order valence-corrected chi connectivity index (χ1v) is 13.9. The number of terminal acetylenes is 1. The lowest BCUT2D eigenvalue weighted by Gasteiger charge is -2.28. The summed E-state index contributed by atoms with van der Waals surface area (Å²) in [5.41, 5.74) is 0.364. The Hall–Kier alpha value is -5.28. The summed E-state index contributed by atoms with van der Waals surface area (Å²) in [5.74, 6) is 0.495. The van der Waals surface area contributed by atoms with E-state index in [1.807, 2.05) is 13.8 Å². The molecule has 3 heterocycles. The Bertz CT molecular complexity index is 1820. The predicted octanol–water partition coefficient (Wildman–Crippen LogP) is 3.70. The average Bonchev–Trinajstić information content (AvgIpc) is 3.58. The average molecular weight is 598 g/mol. The smallest absolute Gasteiger partial charge is 0.338 e. The quantitative estimate of drug-likeness (QED) is 0.229. The monoisotopic (exact) mass is 597 g/mol. The summed E-state index contributed by atoms with van der Waals surface area (Å²) in [6.07, 6.45) is 5.34. The van der Waals surface area contributed by atoms with Crippen LogP contribution < -0.4 is 10.9 Å². The van der Waals surface area contributed by atoms with E-state index in [2.05, 4.69) is 26.2 Å². The largest absolute Gasteiger partial charge is 0.458 e. The van der Waals surface area contributed by atoms with Crippen molar-refractivity contribution in [3.63, 3.8) is 0 Å². The van der Waals surface area contributed by atoms with Crippen molar-refractivity contribution in [1.29, 1.82) is 0 Å². The van der Waals surface area contributed by atoms with Gasteiger partial charge in [0.2, 0.25) is 17.5 Å². The van der Waals surface area contributed by atoms with Crippen LogP contribution in [0.25, 0.3) is 11.2 Å². The van der Waals surface area contributed by atoms with Gasteiger partial charge in [0.05, 0.1) is 17.5 Å². The molecule has 1 aliphatic heterocycles. The molecule has 44 heavy (non-hydrogen) atoms. The van der Waals surface area contributed by atoms with Crippen LogP contribution in [0.15, 0.2) is 59.7 Å². The van der Waals surface area contributed by atoms with Gasteiger partial charge in [0.25, 0.3) is 5.56 Å². The van der Waals surface area contributed by atoms with Gasteiger partial charge in [0.15, 0.2) is 17.3 Å². The third-order valence-corrected chi connectivity index (χ3v) is 7.28. The first-order valence-electron chi connectivity index (χ1n) is 13.9. The van der Waals surface area contributed by atoms with Crippen molar-refractivity contribution in [3.05, 3.63) is 87.5 Å². The number of aryl methyl sites for hydroxylation is 2. The van der Waals surface area contributed by atoms with Crippen molar-refractivity contribution < 1.29 is 28.6 Å². The molecular weight excluding hydrogens is 566 g/mol. The normalized spacial score (nSPS) is 19.5. The van der Waals surface area contributed by atoms with Crippen LogP contribution in [0.5, 0.6) is 0 Å². The fourth-order valence-corrected chi connectivity index (χ4v) is 4.64. The van der Waals surface area contributed by atoms with E-state index in [1.54, 1.807) is 62.4 Å². The maximum atomic E-state index is 13.2. The third kappa shape index (κ3) is 6.09. The lowest BCUT2D eigenvalue weighted by Crippen LogP contribution is -2.45. The molecule has 12 heteroatoms. The Kier molecular flexibility index (Phi) is 8.33. The molecule has 0 bridgehead atoms. The number of benzene rings is 2. The van der Waals surface area contributed by atoms with Crippen molar-refractivity contribution in [3.8, 4) is 12.3 Å². The molecule has 2 N–H and O–H groups in total. The minimum Gasteiger partial charge on any atom is -0.458 e. The van der Waals surface area contributed by atoms with E-state index in [9.17, 15) is 19.2 Å². The number of aromatic amines is 1. The van der Waals surface area contributed by atoms with Crippen molar-refractivity contribution in [2.24, 2.45) is 5.92 Å². The minimum atomic E-state index is -1.70. The van der Waals surface area contributed by atoms with E-state index < -0.39 is 42.0 Å². The fraction of sp³-hybridized carbons (Fsp3) is 0.312. The molecule has 1 aliphatic rings. The van der Waals surface area contributed by atoms with Crippen LogP contribution in [0.1, 0.15) is 58.3 Å². The summed E-state index contributed by atoms with van der Waals surface area (Å²) in [7, 11) is 0. The number of aromatic nitrogens is 4. The van der Waals surface area contributed by atoms with Gasteiger partial charge in [0, 0.05) is 12.3 Å². The summed E-state index contributed by atoms with van der Waals surface area (Å²) >= 11 is 0. The number of carbonyl (C=O) groups excluding carboxylic acids is 3. The predicted molar refractivity (Wildman–Crippen MR) is 160 cm³/mol. The SMILES string of the molecule is C#C[C@@]1(COC(=O)c2ccc(C)cc2)O[C@H](n2cnc3c(=O)[nH]c(NC(=O)C(C)C)nc32)C[C@H]1OC(=O)c1ccc(C)cc1. The highest BCUT2D eigenvalue weighted by Crippen LogP contribution is 2.40. The zero-order chi connectivity index (χ0) is 31.6. The number of carbonyl (C=O) groups is 3. The molecule has 1 amide bonds. The Balaban J connectivity index is 1.47. The van der Waals surface area contributed by atoms with Crippen molar-refractivity contribution in [2.75, 3.05) is 11.9 Å². The Labute approximate surface area is 252 Å². The third-order valence-electron chi connectivity index (χ3n) is 7.28. The summed E-state index contributed by atoms with van der Waals surface area (Å²) < 4.78 is 19.3. The summed E-state index contributed by atoms with van der Waals surface area (Å²) in [5, 5.41) is 2.57. The number of esters is 2. The summed E-state index contributed by atoms with van der Waals surface area (Å²) in [4.78, 5) is 62.2. The minimum absolute atomic E-state index is 0.00616. The highest BCUT2D eigenvalue weighted by molar-refractivity contribution is 5.91. The number of hydrogen-bond acceptors (Lipinski definition) is 9. The van der Waals surface area contributed by atoms with Gasteiger partial charge in [-0.15, -0.1) is 6.42 Å². The van der Waals surface area contributed by atoms with Crippen LogP contribution in [0.2, 0.25) is 0 Å². The van der Waals surface area contributed by atoms with Gasteiger partial charge in [-0.05, 0) is 38.1 Å². The number of rotatable bonds is 8. The second-order valence-corrected chi connectivity index (χ2v) is 10.9. The van der Waals surface area contributed by atoms with E-state index in [0.717, 1.165) is 11.1 Å². The van der Waals surface area contributed by atoms with Gasteiger partial charge in [-0.1, -0.05) is 55.2 Å². The van der Waals surface area contributed by atoms with Crippen molar-refractivity contribution in [2.45, 2.75) is 52.0 Å². The molecule has 5 rings (SSSR count). The summed E-state index contributed by atoms with van der Waals surface area (Å²) in [6.45, 7) is 6.75. The number of nitrogens with one attached hydrogen (secondary N) is 2. The van der Waals surface area contributed by atoms with E-state index in [4.69, 9.17) is 20.6 Å². The molecule has 226 valence electrons. The van der Waals surface area contributed by atoms with Crippen LogP contribution in [-0.4, -0.2) is 55.7 Å². The van der Waals surface area contributed by atoms with Crippen molar-refractivity contribution in [1.82, 2.24) is 19.5 Å². The van der Waals surface area contributed by atoms with Gasteiger partial charge >= 0.3 is 11.9 Å². The Morgan fingerprint density at radius 1 is 1.09 bits per heavy atom. The van der Waals surface area contributed by atoms with Crippen LogP contribution in [0, 0.1) is 32.1 Å². The van der Waals surface area contributed by atoms with Gasteiger partial charge < -0.3 is 14.2 Å². The number of imidazole rings is 1. The highest BCUT2D eigenvalue weighted by atomic mass is 16.6. The number of fused-ring (bicyclic) bond motifs is 1. The number of nitrogens with zero attached hydrogens (tertiary/aromatic N) is 3. The molecule has 0 spiro atoms. The van der Waals surface area contributed by atoms with Crippen LogP contribution in [0.4, 0.5) is 5.95 Å². The number of H-pyrrole nitrogens is 1. The van der Waals surface area contributed by atoms with E-state index in [1.165, 1.54) is 10.9 Å². The zero-order valence-corrected chi connectivity index (χ0v) is 24.6. The second-order valence-electron chi connectivity index (χ2n) is 10.9. The van der Waals surface area contributed by atoms with Gasteiger partial charge in [-0.25, -0.2) is 14.6 Å². The van der Waals surface area contributed by atoms with Gasteiger partial charge in [-0.2, -0.15) is 4.98 Å². The molecule has 0 unspecified atom stereocenters. The van der Waals surface area contributed by atoms with Crippen LogP contribution in [0.3, 0.4) is 0 Å². The summed E-state index contributed by atoms with van der Waals surface area (Å²) in [6, 6.07) is 13.6. The molecular formula is C32H31N5O7. The molecule has 12 nitrogen and oxygen atoms in total. The van der Waals surface area contributed by atoms with Crippen molar-refractivity contribution >= 4 is 35.0 Å². The topological polar surface area (TPSA) is 154 Å². The van der Waals surface area contributed by atoms with Gasteiger partial charge in [-0.3, -0.25) is 24.5 Å². The van der Waals surface area contributed by atoms with E-state index in [0.29, 0.717) is 11.1 Å². The lowest BCUT2D eigenvalue weighted by atomic mass is 9.98. The standard InChI is InChI=1S/C32H31N5O7/c1-6-32(16-42-29(40)21-11-7-19(4)8-12-21)23(43-30(41)22-13-9-20(5)10-14-22)15-24(44-32)37-17-33-25-26(37)34-31(36-28(25)39)35-27(38)18(2)3/h1,7-14,17-18,23-24H,15-16H2,2-5H3,(H2,34,35,36,38,39)/t23-,24+,32+/m1/s1. The molecule has 3 atom stereocenters. The molecule has 0 saturated carbocycles. The lowest BCUT2D eigenvalue weighted by molar-refractivity contribution is -0.118. The molecule has 4 aromatic rings. The van der Waals surface area contributed by atoms with Crippen LogP contribution >= 0.6 is 0 Å². The first kappa shape index (κ1) is 30.2. The molecule has 2 aromatic carbocycles. The maximum Gasteiger partial charge on any atom is 0.338 e. The molecule has 0 radical (unpaired) electrons. The molecule has 1 saturated heterocycles. The second kappa shape index (κ2) is 12.1. The Morgan fingerprint density at radius 2 is 1.70 bits per heavy atom. The molecule has 0 aliphatic carbocycles. The van der Waals surface area contributed by atoms with Gasteiger partial charge in [0.1, 0.15) is 12.8 Å². The fourth-order valence-electron chi connectivity index (χ4n) is 4.64. The van der Waals surface area contributed by atoms with E-state index >= 15 is 0 Å². The number of anilines is 1. The zero-order valence-electron chi connectivity index (χ0n) is 24.6. The number of amides is 1. The van der Waals surface area contributed by atoms with Crippen LogP contribution in [-0.2, 0) is 19.0 Å². The Morgan fingerprint density at radius 3 is 2.30 bits per heavy atom. The number of hydrogen-bond donors (Lipinski definition) is 2. The molecule has 2 aromatic heterocycles. The number of ether oxygens (including phenoxy) is 3. The first-order chi connectivity index (χ1) is 21.0.